The molecule has 0 aliphatic heterocycles. The van der Waals surface area contributed by atoms with E-state index in [1.165, 1.54) is 0 Å². The molecule has 7 aromatic carbocycles. The smallest absolute Gasteiger partial charge is 0.238 e. The summed E-state index contributed by atoms with van der Waals surface area (Å²) in [5.74, 6) is 0.193. The Morgan fingerprint density at radius 3 is 1.18 bits per heavy atom. The molecular weight excluding hydrogens is 719 g/mol. The summed E-state index contributed by atoms with van der Waals surface area (Å²) in [6, 6.07) is 39.6. The fourth-order valence-electron chi connectivity index (χ4n) is 8.23. The molecule has 0 unspecified atom stereocenters. The van der Waals surface area contributed by atoms with Crippen molar-refractivity contribution in [2.75, 3.05) is 0 Å². The Kier molecular flexibility index (Phi) is 9.02. The number of hydrogen-bond donors (Lipinski definition) is 0. The Bertz CT molecular complexity index is 3290. The van der Waals surface area contributed by atoms with Crippen molar-refractivity contribution >= 4 is 177 Å². The highest BCUT2D eigenvalue weighted by molar-refractivity contribution is 6.70. The molecule has 15 heteroatoms. The highest BCUT2D eigenvalue weighted by atomic mass is 15.2. The SMILES string of the molecule is [B]c1c([B])c([B])c(-c2nc(-c3c([B])c([B])c([B])c([B])c3[B])nc(-n3c4ccccc4c4cc5c(cc43)c3ccccc3n5-c3ccc(-c4ccccc4)cc3)n2)c([B])c1[B]. The second-order valence-corrected chi connectivity index (χ2v) is 14.7. The van der Waals surface area contributed by atoms with Crippen LogP contribution in [0, 0.1) is 0 Å². The van der Waals surface area contributed by atoms with Crippen molar-refractivity contribution in [1.29, 1.82) is 0 Å². The van der Waals surface area contributed by atoms with Gasteiger partial charge in [0, 0.05) is 38.4 Å². The first-order valence-corrected chi connectivity index (χ1v) is 18.9. The zero-order chi connectivity index (χ0) is 41.7. The number of rotatable bonds is 5. The van der Waals surface area contributed by atoms with E-state index in [9.17, 15) is 0 Å². The minimum Gasteiger partial charge on any atom is -0.309 e. The van der Waals surface area contributed by atoms with Gasteiger partial charge in [0.25, 0.3) is 0 Å². The van der Waals surface area contributed by atoms with Gasteiger partial charge in [-0.05, 0) is 47.5 Å². The predicted molar refractivity (Wildman–Crippen MR) is 259 cm³/mol. The van der Waals surface area contributed by atoms with E-state index in [2.05, 4.69) is 71.3 Å². The summed E-state index contributed by atoms with van der Waals surface area (Å²) >= 11 is 0. The first kappa shape index (κ1) is 38.0. The average Bonchev–Trinajstić information content (AvgIpc) is 3.78. The van der Waals surface area contributed by atoms with Crippen molar-refractivity contribution in [2.45, 2.75) is 0 Å². The zero-order valence-corrected chi connectivity index (χ0v) is 32.0. The largest absolute Gasteiger partial charge is 0.309 e. The van der Waals surface area contributed by atoms with E-state index in [4.69, 9.17) is 93.4 Å². The molecule has 3 heterocycles. The van der Waals surface area contributed by atoms with Crippen LogP contribution in [0.15, 0.2) is 115 Å². The highest BCUT2D eigenvalue weighted by Crippen LogP contribution is 2.39. The predicted octanol–water partition coefficient (Wildman–Crippen LogP) is -0.995. The Labute approximate surface area is 359 Å². The van der Waals surface area contributed by atoms with Gasteiger partial charge in [0.1, 0.15) is 78.5 Å². The molecule has 20 radical (unpaired) electrons. The van der Waals surface area contributed by atoms with Crippen LogP contribution in [-0.4, -0.2) is 103 Å². The summed E-state index contributed by atoms with van der Waals surface area (Å²) in [4.78, 5) is 14.8. The molecule has 10 rings (SSSR count). The molecule has 10 aromatic rings. The fourth-order valence-corrected chi connectivity index (χ4v) is 8.23. The quantitative estimate of drug-likeness (QED) is 0.214. The van der Waals surface area contributed by atoms with E-state index in [1.807, 2.05) is 53.1 Å². The van der Waals surface area contributed by atoms with Crippen molar-refractivity contribution < 1.29 is 0 Å². The molecule has 0 atom stereocenters. The molecule has 0 bridgehead atoms. The number of benzene rings is 7. The number of fused-ring (bicyclic) bond motifs is 6. The van der Waals surface area contributed by atoms with Crippen LogP contribution < -0.4 is 54.6 Å². The van der Waals surface area contributed by atoms with Crippen LogP contribution in [0.5, 0.6) is 0 Å². The lowest BCUT2D eigenvalue weighted by Crippen LogP contribution is -2.55. The molecule has 0 saturated carbocycles. The van der Waals surface area contributed by atoms with E-state index in [-0.39, 0.29) is 83.4 Å². The first-order chi connectivity index (χ1) is 28.9. The van der Waals surface area contributed by atoms with Crippen molar-refractivity contribution in [1.82, 2.24) is 24.1 Å². The number of aromatic nitrogens is 5. The minimum absolute atomic E-state index is 0.0127. The van der Waals surface area contributed by atoms with Gasteiger partial charge in [-0.25, -0.2) is 4.98 Å². The molecule has 0 fully saturated rings. The molecule has 0 spiro atoms. The lowest BCUT2D eigenvalue weighted by Gasteiger charge is -2.23. The van der Waals surface area contributed by atoms with Crippen molar-refractivity contribution in [2.24, 2.45) is 0 Å². The van der Waals surface area contributed by atoms with E-state index in [0.717, 1.165) is 60.4 Å². The van der Waals surface area contributed by atoms with Gasteiger partial charge in [-0.1, -0.05) is 101 Å². The third-order valence-corrected chi connectivity index (χ3v) is 11.4. The molecule has 0 aliphatic carbocycles. The molecule has 5 nitrogen and oxygen atoms in total. The van der Waals surface area contributed by atoms with Crippen LogP contribution in [0.1, 0.15) is 0 Å². The van der Waals surface area contributed by atoms with Gasteiger partial charge in [-0.3, -0.25) is 4.57 Å². The number of para-hydroxylation sites is 2. The average molecular weight is 738 g/mol. The molecule has 0 saturated heterocycles. The van der Waals surface area contributed by atoms with Crippen molar-refractivity contribution in [3.05, 3.63) is 115 Å². The highest BCUT2D eigenvalue weighted by Gasteiger charge is 2.24. The van der Waals surface area contributed by atoms with Crippen LogP contribution in [0.4, 0.5) is 0 Å². The monoisotopic (exact) mass is 739 g/mol. The maximum absolute atomic E-state index is 6.60. The second kappa shape index (κ2) is 14.2. The normalized spacial score (nSPS) is 11.7. The van der Waals surface area contributed by atoms with E-state index in [1.54, 1.807) is 0 Å². The van der Waals surface area contributed by atoms with Gasteiger partial charge in [0.15, 0.2) is 11.6 Å². The summed E-state index contributed by atoms with van der Waals surface area (Å²) < 4.78 is 4.22. The van der Waals surface area contributed by atoms with Gasteiger partial charge in [-0.2, -0.15) is 9.97 Å². The molecule has 254 valence electrons. The topological polar surface area (TPSA) is 48.5 Å². The van der Waals surface area contributed by atoms with E-state index >= 15 is 0 Å². The second-order valence-electron chi connectivity index (χ2n) is 14.7. The third-order valence-electron chi connectivity index (χ3n) is 11.4. The standard InChI is InChI=1S/C45H19B10N5/c46-33-31(34(47)38(51)41(54)37(33)50)43-56-44(32-35(48)39(52)42(55)40(53)36(32)49)58-45(57-43)60-28-13-7-5-11-24(28)26-18-29-25(19-30(26)60)23-10-4-6-12-27(23)59(29)22-16-14-21(15-17-22)20-8-2-1-3-9-20/h1-19H. The van der Waals surface area contributed by atoms with E-state index in [0.29, 0.717) is 0 Å². The molecular formula is C45H19B10N5. The van der Waals surface area contributed by atoms with Crippen LogP contribution in [-0.2, 0) is 0 Å². The minimum atomic E-state index is 0.0127. The van der Waals surface area contributed by atoms with Crippen LogP contribution in [0.2, 0.25) is 0 Å². The number of hydrogen-bond acceptors (Lipinski definition) is 3. The van der Waals surface area contributed by atoms with Gasteiger partial charge in [-0.15, -0.1) is 32.8 Å². The molecule has 0 amide bonds. The lowest BCUT2D eigenvalue weighted by molar-refractivity contribution is 0.956. The van der Waals surface area contributed by atoms with Gasteiger partial charge < -0.3 is 4.57 Å². The Hall–Kier alpha value is -6.20. The van der Waals surface area contributed by atoms with Crippen molar-refractivity contribution in [3.8, 4) is 45.5 Å². The maximum atomic E-state index is 6.60. The summed E-state index contributed by atoms with van der Waals surface area (Å²) in [5, 5.41) is 3.93. The molecule has 60 heavy (non-hydrogen) atoms. The van der Waals surface area contributed by atoms with Crippen LogP contribution in [0.3, 0.4) is 0 Å². The van der Waals surface area contributed by atoms with Crippen LogP contribution in [0.25, 0.3) is 89.2 Å². The number of nitrogens with zero attached hydrogens (tertiary/aromatic N) is 5. The molecule has 0 N–H and O–H groups in total. The summed E-state index contributed by atoms with van der Waals surface area (Å²) in [6.45, 7) is 0. The lowest BCUT2D eigenvalue weighted by atomic mass is 9.60. The summed E-state index contributed by atoms with van der Waals surface area (Å²) in [5.41, 5.74) is 7.45. The van der Waals surface area contributed by atoms with Gasteiger partial charge in [0.05, 0.1) is 22.1 Å². The molecule has 3 aromatic heterocycles. The molecule has 0 aliphatic rings. The third kappa shape index (κ3) is 5.65. The Morgan fingerprint density at radius 2 is 0.700 bits per heavy atom. The van der Waals surface area contributed by atoms with Gasteiger partial charge >= 0.3 is 0 Å². The Morgan fingerprint density at radius 1 is 0.317 bits per heavy atom. The maximum Gasteiger partial charge on any atom is 0.238 e. The van der Waals surface area contributed by atoms with E-state index < -0.39 is 0 Å². The Balaban J connectivity index is 1.29. The van der Waals surface area contributed by atoms with Crippen molar-refractivity contribution in [3.63, 3.8) is 0 Å². The van der Waals surface area contributed by atoms with Crippen LogP contribution >= 0.6 is 0 Å². The zero-order valence-electron chi connectivity index (χ0n) is 32.0. The summed E-state index contributed by atoms with van der Waals surface area (Å²) in [6.07, 6.45) is 0. The fraction of sp³-hybridized carbons (Fsp3) is 0. The first-order valence-electron chi connectivity index (χ1n) is 18.9. The summed E-state index contributed by atoms with van der Waals surface area (Å²) in [7, 11) is 64.2. The van der Waals surface area contributed by atoms with Gasteiger partial charge in [0.2, 0.25) is 5.95 Å².